The van der Waals surface area contributed by atoms with E-state index in [1.807, 2.05) is 0 Å². The predicted octanol–water partition coefficient (Wildman–Crippen LogP) is 0.514. The lowest BCUT2D eigenvalue weighted by Gasteiger charge is -2.34. The standard InChI is InChI=1S/C11H16N4O3S2/c1-11(16)2-4-14(5-3-11)20(17,18)9-8(12)13-10-15(9)6-7-19-10/h6-7,16H,2-5,12H2,1H3. The Bertz CT molecular complexity index is 737. The number of imidazole rings is 1. The SMILES string of the molecule is CC1(O)CCN(S(=O)(=O)c2c(N)nc3sccn23)CC1. The molecule has 1 aliphatic heterocycles. The summed E-state index contributed by atoms with van der Waals surface area (Å²) < 4.78 is 28.3. The molecule has 0 aromatic carbocycles. The first-order valence-electron chi connectivity index (χ1n) is 6.25. The Kier molecular flexibility index (Phi) is 3.05. The molecule has 1 saturated heterocycles. The van der Waals surface area contributed by atoms with Gasteiger partial charge in [0.25, 0.3) is 10.0 Å². The minimum atomic E-state index is -3.69. The normalized spacial score (nSPS) is 20.5. The van der Waals surface area contributed by atoms with Gasteiger partial charge >= 0.3 is 0 Å². The van der Waals surface area contributed by atoms with Gasteiger partial charge in [-0.3, -0.25) is 4.40 Å². The van der Waals surface area contributed by atoms with E-state index in [-0.39, 0.29) is 23.9 Å². The van der Waals surface area contributed by atoms with Gasteiger partial charge in [-0.25, -0.2) is 13.4 Å². The Labute approximate surface area is 120 Å². The van der Waals surface area contributed by atoms with Crippen molar-refractivity contribution in [3.05, 3.63) is 11.6 Å². The lowest BCUT2D eigenvalue weighted by molar-refractivity contribution is 0.0125. The second-order valence-corrected chi connectivity index (χ2v) is 7.99. The zero-order chi connectivity index (χ0) is 14.5. The number of aromatic nitrogens is 2. The van der Waals surface area contributed by atoms with E-state index in [0.717, 1.165) is 0 Å². The van der Waals surface area contributed by atoms with Crippen LogP contribution in [0.25, 0.3) is 4.96 Å². The molecule has 0 amide bonds. The van der Waals surface area contributed by atoms with Gasteiger partial charge in [0.1, 0.15) is 0 Å². The van der Waals surface area contributed by atoms with E-state index < -0.39 is 15.6 Å². The highest BCUT2D eigenvalue weighted by Gasteiger charge is 2.36. The number of hydrogen-bond acceptors (Lipinski definition) is 6. The van der Waals surface area contributed by atoms with E-state index in [0.29, 0.717) is 17.8 Å². The molecule has 3 heterocycles. The quantitative estimate of drug-likeness (QED) is 0.841. The van der Waals surface area contributed by atoms with Gasteiger partial charge in [-0.1, -0.05) is 0 Å². The van der Waals surface area contributed by atoms with Gasteiger partial charge in [0, 0.05) is 24.7 Å². The molecule has 2 aromatic rings. The van der Waals surface area contributed by atoms with Crippen LogP contribution in [0.5, 0.6) is 0 Å². The summed E-state index contributed by atoms with van der Waals surface area (Å²) in [6.45, 7) is 2.29. The van der Waals surface area contributed by atoms with Crippen LogP contribution in [-0.4, -0.2) is 45.9 Å². The Morgan fingerprint density at radius 1 is 1.45 bits per heavy atom. The summed E-state index contributed by atoms with van der Waals surface area (Å²) in [4.78, 5) is 4.63. The van der Waals surface area contributed by atoms with Gasteiger partial charge in [-0.2, -0.15) is 4.31 Å². The van der Waals surface area contributed by atoms with Crippen LogP contribution >= 0.6 is 11.3 Å². The Morgan fingerprint density at radius 3 is 2.75 bits per heavy atom. The maximum Gasteiger partial charge on any atom is 0.262 e. The number of nitrogens with two attached hydrogens (primary N) is 1. The fourth-order valence-corrected chi connectivity index (χ4v) is 4.76. The monoisotopic (exact) mass is 316 g/mol. The van der Waals surface area contributed by atoms with Crippen LogP contribution in [0.1, 0.15) is 19.8 Å². The number of sulfonamides is 1. The molecule has 0 spiro atoms. The van der Waals surface area contributed by atoms with Crippen molar-refractivity contribution in [2.75, 3.05) is 18.8 Å². The van der Waals surface area contributed by atoms with E-state index in [4.69, 9.17) is 5.73 Å². The van der Waals surface area contributed by atoms with Gasteiger partial charge < -0.3 is 10.8 Å². The van der Waals surface area contributed by atoms with Gasteiger partial charge in [-0.05, 0) is 19.8 Å². The molecule has 0 radical (unpaired) electrons. The highest BCUT2D eigenvalue weighted by atomic mass is 32.2. The van der Waals surface area contributed by atoms with E-state index in [1.165, 1.54) is 20.0 Å². The molecular weight excluding hydrogens is 300 g/mol. The summed E-state index contributed by atoms with van der Waals surface area (Å²) in [6.07, 6.45) is 2.48. The van der Waals surface area contributed by atoms with E-state index in [2.05, 4.69) is 4.98 Å². The van der Waals surface area contributed by atoms with Crippen LogP contribution in [0.15, 0.2) is 16.6 Å². The summed E-state index contributed by atoms with van der Waals surface area (Å²) in [5.41, 5.74) is 4.96. The van der Waals surface area contributed by atoms with Gasteiger partial charge in [0.15, 0.2) is 15.8 Å². The molecule has 0 bridgehead atoms. The maximum absolute atomic E-state index is 12.7. The summed E-state index contributed by atoms with van der Waals surface area (Å²) in [7, 11) is -3.69. The van der Waals surface area contributed by atoms with E-state index in [1.54, 1.807) is 18.5 Å². The zero-order valence-corrected chi connectivity index (χ0v) is 12.6. The number of hydrogen-bond donors (Lipinski definition) is 2. The number of aliphatic hydroxyl groups is 1. The average molecular weight is 316 g/mol. The summed E-state index contributed by atoms with van der Waals surface area (Å²) in [5, 5.41) is 11.7. The summed E-state index contributed by atoms with van der Waals surface area (Å²) in [6, 6.07) is 0. The van der Waals surface area contributed by atoms with E-state index in [9.17, 15) is 13.5 Å². The third kappa shape index (κ3) is 2.10. The number of thiazole rings is 1. The van der Waals surface area contributed by atoms with E-state index >= 15 is 0 Å². The minimum absolute atomic E-state index is 0.0224. The van der Waals surface area contributed by atoms with Crippen LogP contribution in [0.3, 0.4) is 0 Å². The highest BCUT2D eigenvalue weighted by Crippen LogP contribution is 2.30. The molecule has 1 fully saturated rings. The Morgan fingerprint density at radius 2 is 2.10 bits per heavy atom. The van der Waals surface area contributed by atoms with Crippen molar-refractivity contribution in [2.24, 2.45) is 0 Å². The lowest BCUT2D eigenvalue weighted by atomic mass is 9.95. The fraction of sp³-hybridized carbons (Fsp3) is 0.545. The van der Waals surface area contributed by atoms with Crippen LogP contribution < -0.4 is 5.73 Å². The van der Waals surface area contributed by atoms with Crippen LogP contribution in [-0.2, 0) is 10.0 Å². The van der Waals surface area contributed by atoms with Crippen LogP contribution in [0, 0.1) is 0 Å². The minimum Gasteiger partial charge on any atom is -0.390 e. The second-order valence-electron chi connectivity index (χ2n) is 5.26. The first-order chi connectivity index (χ1) is 9.31. The number of fused-ring (bicyclic) bond motifs is 1. The molecule has 0 atom stereocenters. The fourth-order valence-electron chi connectivity index (χ4n) is 2.37. The molecule has 0 aliphatic carbocycles. The maximum atomic E-state index is 12.7. The van der Waals surface area contributed by atoms with Gasteiger partial charge in [0.2, 0.25) is 0 Å². The average Bonchev–Trinajstić information content (AvgIpc) is 2.87. The molecule has 9 heteroatoms. The van der Waals surface area contributed by atoms with Crippen molar-refractivity contribution in [2.45, 2.75) is 30.4 Å². The van der Waals surface area contributed by atoms with Crippen LogP contribution in [0.4, 0.5) is 5.82 Å². The Hall–Kier alpha value is -1.16. The first kappa shape index (κ1) is 13.8. The number of rotatable bonds is 2. The third-order valence-electron chi connectivity index (χ3n) is 3.63. The topological polar surface area (TPSA) is 101 Å². The molecule has 0 saturated carbocycles. The van der Waals surface area contributed by atoms with Gasteiger partial charge in [0.05, 0.1) is 5.60 Å². The smallest absolute Gasteiger partial charge is 0.262 e. The highest BCUT2D eigenvalue weighted by molar-refractivity contribution is 7.89. The molecule has 3 N–H and O–H groups in total. The summed E-state index contributed by atoms with van der Waals surface area (Å²) in [5.74, 6) is 0.0224. The predicted molar refractivity (Wildman–Crippen MR) is 76.1 cm³/mol. The van der Waals surface area contributed by atoms with Crippen molar-refractivity contribution in [3.63, 3.8) is 0 Å². The van der Waals surface area contributed by atoms with Crippen molar-refractivity contribution in [3.8, 4) is 0 Å². The van der Waals surface area contributed by atoms with Crippen molar-refractivity contribution < 1.29 is 13.5 Å². The second kappa shape index (κ2) is 4.42. The number of nitrogen functional groups attached to an aromatic ring is 1. The first-order valence-corrected chi connectivity index (χ1v) is 8.57. The Balaban J connectivity index is 2.00. The van der Waals surface area contributed by atoms with Crippen molar-refractivity contribution in [1.29, 1.82) is 0 Å². The van der Waals surface area contributed by atoms with Crippen molar-refractivity contribution in [1.82, 2.24) is 13.7 Å². The molecular formula is C11H16N4O3S2. The van der Waals surface area contributed by atoms with Gasteiger partial charge in [-0.15, -0.1) is 11.3 Å². The lowest BCUT2D eigenvalue weighted by Crippen LogP contribution is -2.45. The molecule has 20 heavy (non-hydrogen) atoms. The molecule has 1 aliphatic rings. The van der Waals surface area contributed by atoms with Crippen LogP contribution in [0.2, 0.25) is 0 Å². The third-order valence-corrected chi connectivity index (χ3v) is 6.32. The van der Waals surface area contributed by atoms with Crippen molar-refractivity contribution >= 4 is 32.1 Å². The summed E-state index contributed by atoms with van der Waals surface area (Å²) >= 11 is 1.33. The molecule has 110 valence electrons. The largest absolute Gasteiger partial charge is 0.390 e. The molecule has 7 nitrogen and oxygen atoms in total. The zero-order valence-electron chi connectivity index (χ0n) is 11.0. The molecule has 3 rings (SSSR count). The number of anilines is 1. The number of nitrogens with zero attached hydrogens (tertiary/aromatic N) is 3. The molecule has 2 aromatic heterocycles. The molecule has 0 unspecified atom stereocenters. The number of piperidine rings is 1.